The SMILES string of the molecule is Cc1[nH][nH]c(=O)c1CCC(=O)NN=Cc1ccc(C(C)C)cc1. The molecule has 0 saturated carbocycles. The molecule has 23 heavy (non-hydrogen) atoms. The standard InChI is InChI=1S/C17H22N4O2/c1-11(2)14-6-4-13(5-7-14)10-18-20-16(22)9-8-15-12(3)19-21-17(15)23/h4-7,10-11H,8-9H2,1-3H3,(H,20,22)(H2,19,21,23). The summed E-state index contributed by atoms with van der Waals surface area (Å²) >= 11 is 0. The Hall–Kier alpha value is -2.63. The molecule has 1 amide bonds. The Balaban J connectivity index is 1.83. The van der Waals surface area contributed by atoms with Crippen molar-refractivity contribution in [3.05, 3.63) is 57.0 Å². The molecule has 0 aliphatic rings. The van der Waals surface area contributed by atoms with Crippen molar-refractivity contribution in [1.82, 2.24) is 15.6 Å². The highest BCUT2D eigenvalue weighted by atomic mass is 16.2. The zero-order valence-corrected chi connectivity index (χ0v) is 13.6. The summed E-state index contributed by atoms with van der Waals surface area (Å²) in [7, 11) is 0. The molecular weight excluding hydrogens is 292 g/mol. The van der Waals surface area contributed by atoms with Gasteiger partial charge in [-0.05, 0) is 30.4 Å². The van der Waals surface area contributed by atoms with Gasteiger partial charge in [0.2, 0.25) is 5.91 Å². The first-order chi connectivity index (χ1) is 11.0. The highest BCUT2D eigenvalue weighted by Gasteiger charge is 2.08. The van der Waals surface area contributed by atoms with Crippen LogP contribution in [0, 0.1) is 6.92 Å². The topological polar surface area (TPSA) is 90.1 Å². The molecule has 122 valence electrons. The molecule has 0 radical (unpaired) electrons. The number of carbonyl (C=O) groups is 1. The second kappa shape index (κ2) is 7.58. The number of benzene rings is 1. The Labute approximate surface area is 135 Å². The number of hydrogen-bond donors (Lipinski definition) is 3. The van der Waals surface area contributed by atoms with Crippen LogP contribution in [0.4, 0.5) is 0 Å². The van der Waals surface area contributed by atoms with E-state index in [4.69, 9.17) is 0 Å². The third-order valence-corrected chi connectivity index (χ3v) is 3.70. The number of aromatic nitrogens is 2. The van der Waals surface area contributed by atoms with E-state index in [1.807, 2.05) is 12.1 Å². The second-order valence-corrected chi connectivity index (χ2v) is 5.80. The van der Waals surface area contributed by atoms with Crippen LogP contribution in [-0.4, -0.2) is 22.3 Å². The monoisotopic (exact) mass is 314 g/mol. The van der Waals surface area contributed by atoms with Crippen molar-refractivity contribution < 1.29 is 4.79 Å². The number of rotatable bonds is 6. The van der Waals surface area contributed by atoms with Crippen molar-refractivity contribution >= 4 is 12.1 Å². The Morgan fingerprint density at radius 3 is 2.52 bits per heavy atom. The molecule has 0 unspecified atom stereocenters. The number of aromatic amines is 2. The van der Waals surface area contributed by atoms with Gasteiger partial charge >= 0.3 is 0 Å². The maximum absolute atomic E-state index is 11.7. The van der Waals surface area contributed by atoms with Crippen LogP contribution in [0.25, 0.3) is 0 Å². The van der Waals surface area contributed by atoms with E-state index in [0.717, 1.165) is 11.3 Å². The minimum Gasteiger partial charge on any atom is -0.302 e. The first-order valence-electron chi connectivity index (χ1n) is 7.65. The number of carbonyl (C=O) groups excluding carboxylic acids is 1. The molecule has 6 nitrogen and oxygen atoms in total. The number of nitrogens with one attached hydrogen (secondary N) is 3. The van der Waals surface area contributed by atoms with Crippen LogP contribution in [0.2, 0.25) is 0 Å². The van der Waals surface area contributed by atoms with Crippen LogP contribution in [0.1, 0.15) is 48.6 Å². The highest BCUT2D eigenvalue weighted by molar-refractivity contribution is 5.82. The molecule has 0 atom stereocenters. The molecule has 6 heteroatoms. The molecule has 1 aromatic carbocycles. The summed E-state index contributed by atoms with van der Waals surface area (Å²) in [6.45, 7) is 6.07. The summed E-state index contributed by atoms with van der Waals surface area (Å²) in [5, 5.41) is 9.18. The summed E-state index contributed by atoms with van der Waals surface area (Å²) in [6, 6.07) is 8.03. The lowest BCUT2D eigenvalue weighted by Gasteiger charge is -2.04. The van der Waals surface area contributed by atoms with E-state index in [1.54, 1.807) is 13.1 Å². The van der Waals surface area contributed by atoms with Crippen molar-refractivity contribution in [2.24, 2.45) is 5.10 Å². The van der Waals surface area contributed by atoms with E-state index in [2.05, 4.69) is 46.7 Å². The number of aryl methyl sites for hydroxylation is 1. The van der Waals surface area contributed by atoms with Gasteiger partial charge in [0.05, 0.1) is 6.21 Å². The molecule has 2 rings (SSSR count). The molecular formula is C17H22N4O2. The Kier molecular flexibility index (Phi) is 5.51. The molecule has 2 aromatic rings. The van der Waals surface area contributed by atoms with Crippen molar-refractivity contribution in [3.8, 4) is 0 Å². The molecule has 0 saturated heterocycles. The maximum Gasteiger partial charge on any atom is 0.267 e. The van der Waals surface area contributed by atoms with Gasteiger partial charge in [-0.2, -0.15) is 5.10 Å². The summed E-state index contributed by atoms with van der Waals surface area (Å²) in [6.07, 6.45) is 2.21. The number of amides is 1. The van der Waals surface area contributed by atoms with Gasteiger partial charge in [0.1, 0.15) is 0 Å². The minimum atomic E-state index is -0.222. The third-order valence-electron chi connectivity index (χ3n) is 3.70. The van der Waals surface area contributed by atoms with E-state index in [1.165, 1.54) is 5.56 Å². The average Bonchev–Trinajstić information content (AvgIpc) is 2.84. The van der Waals surface area contributed by atoms with Crippen LogP contribution in [0.15, 0.2) is 34.2 Å². The zero-order valence-electron chi connectivity index (χ0n) is 13.6. The minimum absolute atomic E-state index is 0.177. The van der Waals surface area contributed by atoms with Crippen LogP contribution in [-0.2, 0) is 11.2 Å². The van der Waals surface area contributed by atoms with Crippen LogP contribution >= 0.6 is 0 Å². The van der Waals surface area contributed by atoms with Gasteiger partial charge in [-0.15, -0.1) is 0 Å². The van der Waals surface area contributed by atoms with E-state index in [0.29, 0.717) is 17.9 Å². The van der Waals surface area contributed by atoms with Gasteiger partial charge in [0.15, 0.2) is 0 Å². The number of H-pyrrole nitrogens is 2. The lowest BCUT2D eigenvalue weighted by molar-refractivity contribution is -0.121. The van der Waals surface area contributed by atoms with E-state index >= 15 is 0 Å². The Bertz CT molecular complexity index is 739. The van der Waals surface area contributed by atoms with Crippen molar-refractivity contribution in [1.29, 1.82) is 0 Å². The molecule has 3 N–H and O–H groups in total. The van der Waals surface area contributed by atoms with Crippen LogP contribution < -0.4 is 11.0 Å². The Morgan fingerprint density at radius 1 is 1.26 bits per heavy atom. The zero-order chi connectivity index (χ0) is 16.8. The molecule has 1 aromatic heterocycles. The predicted octanol–water partition coefficient (Wildman–Crippen LogP) is 2.22. The summed E-state index contributed by atoms with van der Waals surface area (Å²) in [4.78, 5) is 23.2. The number of nitrogens with zero attached hydrogens (tertiary/aromatic N) is 1. The normalized spacial score (nSPS) is 11.3. The lowest BCUT2D eigenvalue weighted by atomic mass is 10.0. The first kappa shape index (κ1) is 16.7. The molecule has 0 aliphatic carbocycles. The molecule has 0 aliphatic heterocycles. The summed E-state index contributed by atoms with van der Waals surface area (Å²) in [5.41, 5.74) is 5.85. The van der Waals surface area contributed by atoms with E-state index in [9.17, 15) is 9.59 Å². The first-order valence-corrected chi connectivity index (χ1v) is 7.65. The average molecular weight is 314 g/mol. The van der Waals surface area contributed by atoms with Crippen LogP contribution in [0.3, 0.4) is 0 Å². The second-order valence-electron chi connectivity index (χ2n) is 5.80. The third kappa shape index (κ3) is 4.67. The predicted molar refractivity (Wildman–Crippen MR) is 90.7 cm³/mol. The fourth-order valence-corrected chi connectivity index (χ4v) is 2.21. The fourth-order valence-electron chi connectivity index (χ4n) is 2.21. The van der Waals surface area contributed by atoms with Gasteiger partial charge < -0.3 is 5.10 Å². The van der Waals surface area contributed by atoms with E-state index < -0.39 is 0 Å². The molecule has 0 spiro atoms. The van der Waals surface area contributed by atoms with Gasteiger partial charge in [-0.3, -0.25) is 14.7 Å². The smallest absolute Gasteiger partial charge is 0.267 e. The lowest BCUT2D eigenvalue weighted by Crippen LogP contribution is -2.19. The van der Waals surface area contributed by atoms with Crippen LogP contribution in [0.5, 0.6) is 0 Å². The van der Waals surface area contributed by atoms with Gasteiger partial charge in [0, 0.05) is 17.7 Å². The largest absolute Gasteiger partial charge is 0.302 e. The van der Waals surface area contributed by atoms with Gasteiger partial charge in [-0.1, -0.05) is 38.1 Å². The Morgan fingerprint density at radius 2 is 1.96 bits per heavy atom. The van der Waals surface area contributed by atoms with Crippen molar-refractivity contribution in [2.45, 2.75) is 39.5 Å². The van der Waals surface area contributed by atoms with E-state index in [-0.39, 0.29) is 17.9 Å². The van der Waals surface area contributed by atoms with Gasteiger partial charge in [-0.25, -0.2) is 5.43 Å². The molecule has 0 bridgehead atoms. The highest BCUT2D eigenvalue weighted by Crippen LogP contribution is 2.13. The number of hydrazone groups is 1. The molecule has 1 heterocycles. The van der Waals surface area contributed by atoms with Crippen molar-refractivity contribution in [3.63, 3.8) is 0 Å². The fraction of sp³-hybridized carbons (Fsp3) is 0.353. The quantitative estimate of drug-likeness (QED) is 0.563. The summed E-state index contributed by atoms with van der Waals surface area (Å²) in [5.74, 6) is 0.265. The maximum atomic E-state index is 11.7. The summed E-state index contributed by atoms with van der Waals surface area (Å²) < 4.78 is 0. The number of hydrogen-bond acceptors (Lipinski definition) is 3. The van der Waals surface area contributed by atoms with Gasteiger partial charge in [0.25, 0.3) is 5.56 Å². The molecule has 0 fully saturated rings. The van der Waals surface area contributed by atoms with Crippen molar-refractivity contribution in [2.75, 3.05) is 0 Å².